The van der Waals surface area contributed by atoms with Gasteiger partial charge in [-0.05, 0) is 48.4 Å². The highest BCUT2D eigenvalue weighted by atomic mass is 16.5. The van der Waals surface area contributed by atoms with Crippen molar-refractivity contribution in [1.29, 1.82) is 5.26 Å². The molecule has 0 fully saturated rings. The Morgan fingerprint density at radius 3 is 2.46 bits per heavy atom. The number of esters is 1. The molecule has 0 saturated carbocycles. The summed E-state index contributed by atoms with van der Waals surface area (Å²) in [6.07, 6.45) is 0. The molecule has 4 aromatic rings. The molecule has 0 spiro atoms. The van der Waals surface area contributed by atoms with E-state index in [9.17, 15) is 10.1 Å². The number of nitrogens with zero attached hydrogens (tertiary/aromatic N) is 1. The Morgan fingerprint density at radius 1 is 0.974 bits per heavy atom. The van der Waals surface area contributed by atoms with E-state index in [4.69, 9.17) is 24.7 Å². The smallest absolute Gasteiger partial charge is 0.343 e. The molecular weight excluding hydrogens is 492 g/mol. The number of fused-ring (bicyclic) bond motifs is 1. The predicted octanol–water partition coefficient (Wildman–Crippen LogP) is 6.02. The van der Waals surface area contributed by atoms with E-state index in [0.29, 0.717) is 40.7 Å². The third kappa shape index (κ3) is 5.41. The average Bonchev–Trinajstić information content (AvgIpc) is 2.96. The van der Waals surface area contributed by atoms with Gasteiger partial charge in [0.05, 0.1) is 18.6 Å². The van der Waals surface area contributed by atoms with Gasteiger partial charge in [-0.1, -0.05) is 60.2 Å². The highest BCUT2D eigenvalue weighted by Gasteiger charge is 2.32. The second-order valence-corrected chi connectivity index (χ2v) is 9.06. The minimum atomic E-state index is -0.516. The molecule has 0 amide bonds. The third-order valence-electron chi connectivity index (χ3n) is 6.45. The Balaban J connectivity index is 1.44. The quantitative estimate of drug-likeness (QED) is 0.236. The summed E-state index contributed by atoms with van der Waals surface area (Å²) >= 11 is 0. The van der Waals surface area contributed by atoms with Gasteiger partial charge in [0.2, 0.25) is 5.88 Å². The van der Waals surface area contributed by atoms with Crippen LogP contribution < -0.4 is 24.7 Å². The number of benzene rings is 4. The highest BCUT2D eigenvalue weighted by Crippen LogP contribution is 2.45. The number of ether oxygens (including phenoxy) is 4. The maximum atomic E-state index is 12.6. The molecule has 0 aliphatic carbocycles. The second-order valence-electron chi connectivity index (χ2n) is 9.06. The maximum absolute atomic E-state index is 12.6. The van der Waals surface area contributed by atoms with Gasteiger partial charge in [-0.25, -0.2) is 4.79 Å². The Hall–Kier alpha value is -5.22. The predicted molar refractivity (Wildman–Crippen MR) is 146 cm³/mol. The van der Waals surface area contributed by atoms with E-state index >= 15 is 0 Å². The van der Waals surface area contributed by atoms with Crippen LogP contribution in [0.4, 0.5) is 0 Å². The normalized spacial score (nSPS) is 14.0. The largest absolute Gasteiger partial charge is 0.493 e. The van der Waals surface area contributed by atoms with Gasteiger partial charge in [0, 0.05) is 11.6 Å². The number of nitriles is 1. The van der Waals surface area contributed by atoms with Crippen LogP contribution in [-0.2, 0) is 6.61 Å². The van der Waals surface area contributed by atoms with E-state index < -0.39 is 11.9 Å². The van der Waals surface area contributed by atoms with Crippen molar-refractivity contribution in [3.8, 4) is 29.1 Å². The zero-order valence-corrected chi connectivity index (χ0v) is 21.5. The standard InChI is InChI=1S/C32H26N2O5/c1-20-8-10-22(11-9-20)32(35)38-24-13-14-25-28(17-24)39-31(34)26(18-33)30(25)23-12-15-27(29(16-23)36-2)37-19-21-6-4-3-5-7-21/h3-17,30H,19,34H2,1-2H3. The van der Waals surface area contributed by atoms with Crippen molar-refractivity contribution in [2.45, 2.75) is 19.4 Å². The van der Waals surface area contributed by atoms with Crippen LogP contribution >= 0.6 is 0 Å². The zero-order valence-electron chi connectivity index (χ0n) is 21.5. The lowest BCUT2D eigenvalue weighted by molar-refractivity contribution is 0.0734. The van der Waals surface area contributed by atoms with Gasteiger partial charge >= 0.3 is 5.97 Å². The Bertz CT molecular complexity index is 1590. The molecule has 0 bridgehead atoms. The van der Waals surface area contributed by atoms with Crippen LogP contribution in [0.3, 0.4) is 0 Å². The van der Waals surface area contributed by atoms with Crippen molar-refractivity contribution in [2.75, 3.05) is 7.11 Å². The summed E-state index contributed by atoms with van der Waals surface area (Å²) in [7, 11) is 1.57. The van der Waals surface area contributed by atoms with Gasteiger partial charge in [-0.2, -0.15) is 5.26 Å². The molecule has 2 N–H and O–H groups in total. The molecule has 0 saturated heterocycles. The molecule has 194 valence electrons. The first-order valence-corrected chi connectivity index (χ1v) is 12.3. The van der Waals surface area contributed by atoms with Crippen molar-refractivity contribution >= 4 is 5.97 Å². The number of carbonyl (C=O) groups is 1. The number of carbonyl (C=O) groups excluding carboxylic acids is 1. The summed E-state index contributed by atoms with van der Waals surface area (Å²) in [5.74, 6) is 0.780. The molecule has 1 unspecified atom stereocenters. The first-order valence-electron chi connectivity index (χ1n) is 12.3. The van der Waals surface area contributed by atoms with Crippen molar-refractivity contribution < 1.29 is 23.7 Å². The van der Waals surface area contributed by atoms with Crippen molar-refractivity contribution in [1.82, 2.24) is 0 Å². The monoisotopic (exact) mass is 518 g/mol. The number of nitrogens with two attached hydrogens (primary N) is 1. The Morgan fingerprint density at radius 2 is 1.74 bits per heavy atom. The fourth-order valence-corrected chi connectivity index (χ4v) is 4.42. The van der Waals surface area contributed by atoms with Gasteiger partial charge in [0.1, 0.15) is 29.7 Å². The summed E-state index contributed by atoms with van der Waals surface area (Å²) < 4.78 is 23.0. The molecule has 1 aliphatic heterocycles. The van der Waals surface area contributed by atoms with Gasteiger partial charge in [-0.3, -0.25) is 0 Å². The van der Waals surface area contributed by atoms with E-state index in [1.807, 2.05) is 67.6 Å². The van der Waals surface area contributed by atoms with Crippen LogP contribution in [0.25, 0.3) is 0 Å². The van der Waals surface area contributed by atoms with Gasteiger partial charge in [0.15, 0.2) is 11.5 Å². The van der Waals surface area contributed by atoms with E-state index in [-0.39, 0.29) is 11.5 Å². The number of allylic oxidation sites excluding steroid dienone is 1. The molecule has 1 heterocycles. The van der Waals surface area contributed by atoms with Crippen LogP contribution in [0.15, 0.2) is 102 Å². The lowest BCUT2D eigenvalue weighted by Gasteiger charge is -2.27. The molecular formula is C32H26N2O5. The van der Waals surface area contributed by atoms with Crippen molar-refractivity contribution in [3.05, 3.63) is 130 Å². The maximum Gasteiger partial charge on any atom is 0.343 e. The molecule has 39 heavy (non-hydrogen) atoms. The number of hydrogen-bond acceptors (Lipinski definition) is 7. The van der Waals surface area contributed by atoms with E-state index in [2.05, 4.69) is 6.07 Å². The van der Waals surface area contributed by atoms with E-state index in [1.54, 1.807) is 37.4 Å². The Labute approximate surface area is 226 Å². The molecule has 1 atom stereocenters. The molecule has 4 aromatic carbocycles. The summed E-state index contributed by atoms with van der Waals surface area (Å²) in [6, 6.07) is 29.7. The second kappa shape index (κ2) is 11.0. The molecule has 7 heteroatoms. The third-order valence-corrected chi connectivity index (χ3v) is 6.45. The molecule has 7 nitrogen and oxygen atoms in total. The molecule has 1 aliphatic rings. The summed E-state index contributed by atoms with van der Waals surface area (Å²) in [4.78, 5) is 12.6. The van der Waals surface area contributed by atoms with Crippen LogP contribution in [-0.4, -0.2) is 13.1 Å². The minimum Gasteiger partial charge on any atom is -0.493 e. The van der Waals surface area contributed by atoms with E-state index in [0.717, 1.165) is 16.7 Å². The summed E-state index contributed by atoms with van der Waals surface area (Å²) in [6.45, 7) is 2.33. The summed E-state index contributed by atoms with van der Waals surface area (Å²) in [5.41, 5.74) is 10.4. The SMILES string of the molecule is COc1cc(C2C(C#N)=C(N)Oc3cc(OC(=O)c4ccc(C)cc4)ccc32)ccc1OCc1ccccc1. The lowest BCUT2D eigenvalue weighted by Crippen LogP contribution is -2.21. The number of rotatable bonds is 7. The van der Waals surface area contributed by atoms with Crippen LogP contribution in [0.5, 0.6) is 23.0 Å². The minimum absolute atomic E-state index is 0.0135. The van der Waals surface area contributed by atoms with E-state index in [1.165, 1.54) is 0 Å². The fraction of sp³-hybridized carbons (Fsp3) is 0.125. The molecule has 0 aromatic heterocycles. The Kier molecular flexibility index (Phi) is 7.19. The molecule has 5 rings (SSSR count). The summed E-state index contributed by atoms with van der Waals surface area (Å²) in [5, 5.41) is 9.94. The van der Waals surface area contributed by atoms with Gasteiger partial charge < -0.3 is 24.7 Å². The number of methoxy groups -OCH3 is 1. The van der Waals surface area contributed by atoms with Gasteiger partial charge in [-0.15, -0.1) is 0 Å². The van der Waals surface area contributed by atoms with Gasteiger partial charge in [0.25, 0.3) is 0 Å². The highest BCUT2D eigenvalue weighted by molar-refractivity contribution is 5.91. The van der Waals surface area contributed by atoms with Crippen LogP contribution in [0.2, 0.25) is 0 Å². The van der Waals surface area contributed by atoms with Crippen molar-refractivity contribution in [2.24, 2.45) is 5.73 Å². The zero-order chi connectivity index (χ0) is 27.4. The first kappa shape index (κ1) is 25.4. The molecule has 0 radical (unpaired) electrons. The topological polar surface area (TPSA) is 104 Å². The van der Waals surface area contributed by atoms with Crippen LogP contribution in [0, 0.1) is 18.3 Å². The number of aryl methyl sites for hydroxylation is 1. The first-order chi connectivity index (χ1) is 19.0. The lowest BCUT2D eigenvalue weighted by atomic mass is 9.83. The fourth-order valence-electron chi connectivity index (χ4n) is 4.42. The average molecular weight is 519 g/mol. The van der Waals surface area contributed by atoms with Crippen molar-refractivity contribution in [3.63, 3.8) is 0 Å². The van der Waals surface area contributed by atoms with Crippen LogP contribution in [0.1, 0.15) is 38.5 Å². The number of hydrogen-bond donors (Lipinski definition) is 1.